The quantitative estimate of drug-likeness (QED) is 0.897. The molecule has 7 heteroatoms. The van der Waals surface area contributed by atoms with Crippen LogP contribution in [0.4, 0.5) is 15.2 Å². The monoisotopic (exact) mass is 281 g/mol. The van der Waals surface area contributed by atoms with Crippen LogP contribution < -0.4 is 10.6 Å². The number of hydrogen-bond acceptors (Lipinski definition) is 5. The number of aromatic nitrogens is 1. The van der Waals surface area contributed by atoms with Crippen molar-refractivity contribution < 1.29 is 14.3 Å². The van der Waals surface area contributed by atoms with Crippen LogP contribution in [0.1, 0.15) is 11.7 Å². The van der Waals surface area contributed by atoms with Gasteiger partial charge in [0.25, 0.3) is 0 Å². The van der Waals surface area contributed by atoms with E-state index in [2.05, 4.69) is 4.98 Å². The van der Waals surface area contributed by atoms with Crippen molar-refractivity contribution in [3.8, 4) is 0 Å². The standard InChI is InChI=1S/C12H12FN3O2S/c1-16(8-4-2-7(13)3-5-8)12-15-9(6-19-12)10(14)11(17)18/h2-6,10H,14H2,1H3,(H,17,18). The highest BCUT2D eigenvalue weighted by atomic mass is 32.1. The first kappa shape index (κ1) is 13.4. The van der Waals surface area contributed by atoms with Gasteiger partial charge in [0.05, 0.1) is 5.69 Å². The van der Waals surface area contributed by atoms with E-state index in [-0.39, 0.29) is 5.82 Å². The summed E-state index contributed by atoms with van der Waals surface area (Å²) in [5, 5.41) is 11.0. The van der Waals surface area contributed by atoms with Gasteiger partial charge in [-0.05, 0) is 24.3 Å². The molecule has 0 aliphatic heterocycles. The van der Waals surface area contributed by atoms with E-state index in [4.69, 9.17) is 10.8 Å². The molecule has 1 aromatic heterocycles. The van der Waals surface area contributed by atoms with Crippen LogP contribution in [0.15, 0.2) is 29.6 Å². The van der Waals surface area contributed by atoms with Crippen LogP contribution in [-0.4, -0.2) is 23.1 Å². The lowest BCUT2D eigenvalue weighted by Crippen LogP contribution is -2.21. The van der Waals surface area contributed by atoms with Crippen molar-refractivity contribution in [2.24, 2.45) is 5.73 Å². The highest BCUT2D eigenvalue weighted by Crippen LogP contribution is 2.28. The lowest BCUT2D eigenvalue weighted by Gasteiger charge is -2.15. The molecule has 100 valence electrons. The molecule has 1 aromatic carbocycles. The first-order valence-electron chi connectivity index (χ1n) is 5.42. The maximum absolute atomic E-state index is 12.8. The van der Waals surface area contributed by atoms with Gasteiger partial charge >= 0.3 is 5.97 Å². The number of thiazole rings is 1. The number of hydrogen-bond donors (Lipinski definition) is 2. The van der Waals surface area contributed by atoms with Gasteiger partial charge in [-0.25, -0.2) is 9.37 Å². The Hall–Kier alpha value is -1.99. The van der Waals surface area contributed by atoms with Gasteiger partial charge < -0.3 is 15.7 Å². The van der Waals surface area contributed by atoms with Crippen LogP contribution in [-0.2, 0) is 4.79 Å². The Kier molecular flexibility index (Phi) is 3.77. The number of carbonyl (C=O) groups is 1. The van der Waals surface area contributed by atoms with Crippen LogP contribution in [0, 0.1) is 5.82 Å². The van der Waals surface area contributed by atoms with Gasteiger partial charge in [-0.2, -0.15) is 0 Å². The molecule has 0 aliphatic carbocycles. The Bertz CT molecular complexity index is 585. The zero-order valence-electron chi connectivity index (χ0n) is 10.1. The number of benzene rings is 1. The summed E-state index contributed by atoms with van der Waals surface area (Å²) in [6, 6.07) is 4.81. The van der Waals surface area contributed by atoms with Crippen molar-refractivity contribution in [3.63, 3.8) is 0 Å². The molecule has 0 saturated carbocycles. The maximum atomic E-state index is 12.8. The fraction of sp³-hybridized carbons (Fsp3) is 0.167. The topological polar surface area (TPSA) is 79.5 Å². The lowest BCUT2D eigenvalue weighted by atomic mass is 10.2. The second-order valence-electron chi connectivity index (χ2n) is 3.91. The van der Waals surface area contributed by atoms with Crippen LogP contribution in [0.25, 0.3) is 0 Å². The van der Waals surface area contributed by atoms with Crippen LogP contribution in [0.5, 0.6) is 0 Å². The Labute approximate surface area is 113 Å². The predicted molar refractivity (Wildman–Crippen MR) is 71.1 cm³/mol. The second-order valence-corrected chi connectivity index (χ2v) is 4.74. The van der Waals surface area contributed by atoms with Gasteiger partial charge in [0.15, 0.2) is 5.13 Å². The minimum atomic E-state index is -1.13. The molecule has 0 fully saturated rings. The van der Waals surface area contributed by atoms with Crippen LogP contribution in [0.3, 0.4) is 0 Å². The molecule has 0 radical (unpaired) electrons. The Morgan fingerprint density at radius 3 is 2.68 bits per heavy atom. The van der Waals surface area contributed by atoms with E-state index in [0.29, 0.717) is 10.8 Å². The smallest absolute Gasteiger partial charge is 0.326 e. The van der Waals surface area contributed by atoms with Crippen LogP contribution >= 0.6 is 11.3 Å². The van der Waals surface area contributed by atoms with Crippen molar-refractivity contribution in [1.82, 2.24) is 4.98 Å². The third-order valence-electron chi connectivity index (χ3n) is 2.60. The molecule has 3 N–H and O–H groups in total. The summed E-state index contributed by atoms with van der Waals surface area (Å²) in [6.07, 6.45) is 0. The molecule has 2 rings (SSSR count). The average Bonchev–Trinajstić information content (AvgIpc) is 2.87. The van der Waals surface area contributed by atoms with E-state index in [1.165, 1.54) is 23.5 Å². The molecule has 0 bridgehead atoms. The van der Waals surface area contributed by atoms with E-state index in [1.54, 1.807) is 29.5 Å². The van der Waals surface area contributed by atoms with Crippen molar-refractivity contribution in [2.45, 2.75) is 6.04 Å². The first-order chi connectivity index (χ1) is 8.99. The lowest BCUT2D eigenvalue weighted by molar-refractivity contribution is -0.138. The van der Waals surface area contributed by atoms with Crippen molar-refractivity contribution in [1.29, 1.82) is 0 Å². The van der Waals surface area contributed by atoms with Crippen molar-refractivity contribution in [3.05, 3.63) is 41.2 Å². The molecule has 1 atom stereocenters. The van der Waals surface area contributed by atoms with Gasteiger partial charge in [0.2, 0.25) is 0 Å². The van der Waals surface area contributed by atoms with Gasteiger partial charge in [-0.1, -0.05) is 0 Å². The molecule has 19 heavy (non-hydrogen) atoms. The highest BCUT2D eigenvalue weighted by Gasteiger charge is 2.19. The van der Waals surface area contributed by atoms with Crippen LogP contribution in [0.2, 0.25) is 0 Å². The summed E-state index contributed by atoms with van der Waals surface area (Å²) >= 11 is 1.28. The molecule has 0 spiro atoms. The Balaban J connectivity index is 2.22. The molecule has 1 unspecified atom stereocenters. The van der Waals surface area contributed by atoms with Gasteiger partial charge in [0.1, 0.15) is 11.9 Å². The van der Waals surface area contributed by atoms with Crippen molar-refractivity contribution >= 4 is 28.1 Å². The summed E-state index contributed by atoms with van der Waals surface area (Å²) in [4.78, 5) is 16.7. The number of nitrogens with two attached hydrogens (primary N) is 1. The molecule has 2 aromatic rings. The van der Waals surface area contributed by atoms with E-state index in [1.807, 2.05) is 0 Å². The fourth-order valence-corrected chi connectivity index (χ4v) is 2.32. The summed E-state index contributed by atoms with van der Waals surface area (Å²) in [6.45, 7) is 0. The number of anilines is 2. The zero-order valence-corrected chi connectivity index (χ0v) is 10.9. The van der Waals surface area contributed by atoms with E-state index in [9.17, 15) is 9.18 Å². The molecule has 1 heterocycles. The molecular formula is C12H12FN3O2S. The summed E-state index contributed by atoms with van der Waals surface area (Å²) in [7, 11) is 1.77. The number of nitrogens with zero attached hydrogens (tertiary/aromatic N) is 2. The minimum Gasteiger partial charge on any atom is -0.480 e. The second kappa shape index (κ2) is 5.33. The fourth-order valence-electron chi connectivity index (χ4n) is 1.47. The number of aliphatic carboxylic acids is 1. The third-order valence-corrected chi connectivity index (χ3v) is 3.53. The molecule has 0 aliphatic rings. The molecule has 0 amide bonds. The largest absolute Gasteiger partial charge is 0.480 e. The van der Waals surface area contributed by atoms with E-state index < -0.39 is 12.0 Å². The summed E-state index contributed by atoms with van der Waals surface area (Å²) in [5.41, 5.74) is 6.55. The third kappa shape index (κ3) is 2.88. The summed E-state index contributed by atoms with van der Waals surface area (Å²) in [5.74, 6) is -1.44. The van der Waals surface area contributed by atoms with E-state index in [0.717, 1.165) is 5.69 Å². The van der Waals surface area contributed by atoms with Gasteiger partial charge in [-0.3, -0.25) is 4.79 Å². The van der Waals surface area contributed by atoms with E-state index >= 15 is 0 Å². The molecule has 0 saturated heterocycles. The zero-order chi connectivity index (χ0) is 14.0. The number of rotatable bonds is 4. The average molecular weight is 281 g/mol. The molecule has 5 nitrogen and oxygen atoms in total. The Morgan fingerprint density at radius 2 is 2.11 bits per heavy atom. The SMILES string of the molecule is CN(c1ccc(F)cc1)c1nc(C(N)C(=O)O)cs1. The molecular weight excluding hydrogens is 269 g/mol. The minimum absolute atomic E-state index is 0.307. The van der Waals surface area contributed by atoms with Crippen molar-refractivity contribution in [2.75, 3.05) is 11.9 Å². The first-order valence-corrected chi connectivity index (χ1v) is 6.30. The number of halogens is 1. The highest BCUT2D eigenvalue weighted by molar-refractivity contribution is 7.13. The van der Waals surface area contributed by atoms with Gasteiger partial charge in [-0.15, -0.1) is 11.3 Å². The number of carboxylic acids is 1. The van der Waals surface area contributed by atoms with Gasteiger partial charge in [0, 0.05) is 18.1 Å². The predicted octanol–water partition coefficient (Wildman–Crippen LogP) is 2.13. The maximum Gasteiger partial charge on any atom is 0.326 e. The Morgan fingerprint density at radius 1 is 1.47 bits per heavy atom. The number of carboxylic acid groups (broad SMARTS) is 1. The normalized spacial score (nSPS) is 12.2. The summed E-state index contributed by atoms with van der Waals surface area (Å²) < 4.78 is 12.8.